The summed E-state index contributed by atoms with van der Waals surface area (Å²) in [7, 11) is -1.33. The standard InChI is InChI=1S/C18H18O3S2/c1-13-4-6-15(7-5-13)23(21)12-18(20)9-8-14(19)11-16(18)17-3-2-10-22-17/h2-10,16,20H,11-12H2,1H3/t16-,18+,23-/m1/s1. The molecule has 5 heteroatoms. The highest BCUT2D eigenvalue weighted by atomic mass is 32.2. The molecule has 120 valence electrons. The second kappa shape index (κ2) is 6.51. The zero-order valence-corrected chi connectivity index (χ0v) is 14.4. The van der Waals surface area contributed by atoms with Crippen LogP contribution in [-0.2, 0) is 15.6 Å². The summed E-state index contributed by atoms with van der Waals surface area (Å²) >= 11 is 1.51. The largest absolute Gasteiger partial charge is 0.384 e. The number of allylic oxidation sites excluding steroid dienone is 1. The van der Waals surface area contributed by atoms with Gasteiger partial charge in [-0.3, -0.25) is 9.00 Å². The van der Waals surface area contributed by atoms with E-state index >= 15 is 0 Å². The molecule has 0 amide bonds. The zero-order chi connectivity index (χ0) is 16.4. The Hall–Kier alpha value is -1.56. The molecule has 3 atom stereocenters. The van der Waals surface area contributed by atoms with Crippen molar-refractivity contribution in [2.24, 2.45) is 0 Å². The summed E-state index contributed by atoms with van der Waals surface area (Å²) < 4.78 is 12.7. The zero-order valence-electron chi connectivity index (χ0n) is 12.8. The monoisotopic (exact) mass is 346 g/mol. The Morgan fingerprint density at radius 2 is 2.04 bits per heavy atom. The van der Waals surface area contributed by atoms with Crippen LogP contribution in [0, 0.1) is 6.92 Å². The third-order valence-electron chi connectivity index (χ3n) is 4.10. The maximum Gasteiger partial charge on any atom is 0.156 e. The molecule has 0 fully saturated rings. The molecule has 2 aromatic rings. The predicted octanol–water partition coefficient (Wildman–Crippen LogP) is 3.21. The van der Waals surface area contributed by atoms with Crippen LogP contribution in [0.15, 0.2) is 58.8 Å². The number of thiophene rings is 1. The number of hydrogen-bond acceptors (Lipinski definition) is 4. The Kier molecular flexibility index (Phi) is 4.62. The summed E-state index contributed by atoms with van der Waals surface area (Å²) in [6, 6.07) is 11.3. The first-order chi connectivity index (χ1) is 11.0. The van der Waals surface area contributed by atoms with Gasteiger partial charge in [0.15, 0.2) is 5.78 Å². The molecule has 1 aromatic carbocycles. The summed E-state index contributed by atoms with van der Waals surface area (Å²) in [6.45, 7) is 1.97. The quantitative estimate of drug-likeness (QED) is 0.925. The molecule has 0 saturated carbocycles. The number of aliphatic hydroxyl groups is 1. The minimum absolute atomic E-state index is 0.00538. The molecular formula is C18H18O3S2. The number of ketones is 1. The molecule has 1 aromatic heterocycles. The molecule has 0 radical (unpaired) electrons. The van der Waals surface area contributed by atoms with Gasteiger partial charge < -0.3 is 5.11 Å². The molecule has 3 nitrogen and oxygen atoms in total. The molecule has 23 heavy (non-hydrogen) atoms. The Morgan fingerprint density at radius 1 is 1.30 bits per heavy atom. The normalized spacial score (nSPS) is 25.5. The second-order valence-electron chi connectivity index (χ2n) is 5.87. The van der Waals surface area contributed by atoms with Crippen LogP contribution in [-0.4, -0.2) is 26.5 Å². The third kappa shape index (κ3) is 3.52. The van der Waals surface area contributed by atoms with Crippen molar-refractivity contribution in [3.63, 3.8) is 0 Å². The van der Waals surface area contributed by atoms with Crippen LogP contribution in [0.1, 0.15) is 22.8 Å². The van der Waals surface area contributed by atoms with Crippen molar-refractivity contribution in [1.29, 1.82) is 0 Å². The van der Waals surface area contributed by atoms with E-state index in [-0.39, 0.29) is 23.9 Å². The van der Waals surface area contributed by atoms with Crippen LogP contribution in [0.3, 0.4) is 0 Å². The molecule has 0 bridgehead atoms. The predicted molar refractivity (Wildman–Crippen MR) is 93.2 cm³/mol. The van der Waals surface area contributed by atoms with Crippen molar-refractivity contribution >= 4 is 27.9 Å². The van der Waals surface area contributed by atoms with Gasteiger partial charge in [-0.2, -0.15) is 0 Å². The Morgan fingerprint density at radius 3 is 2.70 bits per heavy atom. The highest BCUT2D eigenvalue weighted by Crippen LogP contribution is 2.39. The van der Waals surface area contributed by atoms with Crippen molar-refractivity contribution in [2.75, 3.05) is 5.75 Å². The van der Waals surface area contributed by atoms with E-state index in [2.05, 4.69) is 0 Å². The molecule has 1 N–H and O–H groups in total. The van der Waals surface area contributed by atoms with Crippen LogP contribution < -0.4 is 0 Å². The average molecular weight is 346 g/mol. The first-order valence-corrected chi connectivity index (χ1v) is 9.61. The summed E-state index contributed by atoms with van der Waals surface area (Å²) in [4.78, 5) is 13.4. The number of aryl methyl sites for hydroxylation is 1. The average Bonchev–Trinajstić information content (AvgIpc) is 3.04. The van der Waals surface area contributed by atoms with Gasteiger partial charge in [0.2, 0.25) is 0 Å². The van der Waals surface area contributed by atoms with Crippen LogP contribution in [0.2, 0.25) is 0 Å². The number of benzene rings is 1. The maximum atomic E-state index is 12.7. The first kappa shape index (κ1) is 16.3. The van der Waals surface area contributed by atoms with Crippen molar-refractivity contribution < 1.29 is 14.1 Å². The van der Waals surface area contributed by atoms with Crippen molar-refractivity contribution in [1.82, 2.24) is 0 Å². The second-order valence-corrected chi connectivity index (χ2v) is 8.30. The van der Waals surface area contributed by atoms with Crippen molar-refractivity contribution in [3.8, 4) is 0 Å². The lowest BCUT2D eigenvalue weighted by atomic mass is 9.79. The lowest BCUT2D eigenvalue weighted by Gasteiger charge is -2.35. The van der Waals surface area contributed by atoms with Gasteiger partial charge in [0.1, 0.15) is 5.60 Å². The Balaban J connectivity index is 1.88. The van der Waals surface area contributed by atoms with Crippen LogP contribution >= 0.6 is 11.3 Å². The van der Waals surface area contributed by atoms with Gasteiger partial charge in [0, 0.05) is 22.1 Å². The van der Waals surface area contributed by atoms with E-state index in [9.17, 15) is 14.1 Å². The molecular weight excluding hydrogens is 328 g/mol. The van der Waals surface area contributed by atoms with E-state index in [0.29, 0.717) is 4.90 Å². The van der Waals surface area contributed by atoms with Crippen molar-refractivity contribution in [3.05, 3.63) is 64.4 Å². The van der Waals surface area contributed by atoms with Gasteiger partial charge in [0.25, 0.3) is 0 Å². The lowest BCUT2D eigenvalue weighted by Crippen LogP contribution is -2.42. The number of rotatable bonds is 4. The SMILES string of the molecule is Cc1ccc([S@](=O)C[C@@]2(O)C=CC(=O)C[C@@H]2c2cccs2)cc1. The van der Waals surface area contributed by atoms with Crippen LogP contribution in [0.5, 0.6) is 0 Å². The summed E-state index contributed by atoms with van der Waals surface area (Å²) in [5.41, 5.74) is -0.168. The summed E-state index contributed by atoms with van der Waals surface area (Å²) in [5.74, 6) is -0.258. The van der Waals surface area contributed by atoms with Gasteiger partial charge >= 0.3 is 0 Å². The van der Waals surface area contributed by atoms with Crippen molar-refractivity contribution in [2.45, 2.75) is 29.8 Å². The Bertz CT molecular complexity index is 747. The highest BCUT2D eigenvalue weighted by molar-refractivity contribution is 7.85. The summed E-state index contributed by atoms with van der Waals surface area (Å²) in [5, 5.41) is 13.0. The molecule has 3 rings (SSSR count). The minimum Gasteiger partial charge on any atom is -0.384 e. The molecule has 1 heterocycles. The number of carbonyl (C=O) groups excluding carboxylic acids is 1. The Labute approximate surface area is 142 Å². The first-order valence-electron chi connectivity index (χ1n) is 7.41. The fraction of sp³-hybridized carbons (Fsp3) is 0.278. The molecule has 1 aliphatic rings. The molecule has 0 spiro atoms. The molecule has 0 unspecified atom stereocenters. The van der Waals surface area contributed by atoms with E-state index in [1.807, 2.05) is 48.7 Å². The van der Waals surface area contributed by atoms with Gasteiger partial charge in [0.05, 0.1) is 16.6 Å². The number of carbonyl (C=O) groups is 1. The van der Waals surface area contributed by atoms with E-state index in [0.717, 1.165) is 10.4 Å². The third-order valence-corrected chi connectivity index (χ3v) is 6.61. The fourth-order valence-electron chi connectivity index (χ4n) is 2.77. The smallest absolute Gasteiger partial charge is 0.156 e. The van der Waals surface area contributed by atoms with Gasteiger partial charge in [-0.05, 0) is 42.7 Å². The summed E-state index contributed by atoms with van der Waals surface area (Å²) in [6.07, 6.45) is 3.18. The van der Waals surface area contributed by atoms with E-state index in [1.165, 1.54) is 23.5 Å². The maximum absolute atomic E-state index is 12.7. The lowest BCUT2D eigenvalue weighted by molar-refractivity contribution is -0.116. The van der Waals surface area contributed by atoms with Gasteiger partial charge in [-0.1, -0.05) is 23.8 Å². The topological polar surface area (TPSA) is 54.4 Å². The fourth-order valence-corrected chi connectivity index (χ4v) is 5.01. The van der Waals surface area contributed by atoms with Crippen LogP contribution in [0.25, 0.3) is 0 Å². The van der Waals surface area contributed by atoms with E-state index < -0.39 is 16.4 Å². The minimum atomic E-state index is -1.33. The van der Waals surface area contributed by atoms with E-state index in [4.69, 9.17) is 0 Å². The molecule has 0 aliphatic heterocycles. The molecule has 0 saturated heterocycles. The van der Waals surface area contributed by atoms with Gasteiger partial charge in [-0.25, -0.2) is 0 Å². The van der Waals surface area contributed by atoms with Crippen LogP contribution in [0.4, 0.5) is 0 Å². The number of hydrogen-bond donors (Lipinski definition) is 1. The van der Waals surface area contributed by atoms with E-state index in [1.54, 1.807) is 0 Å². The highest BCUT2D eigenvalue weighted by Gasteiger charge is 2.41. The molecule has 1 aliphatic carbocycles. The van der Waals surface area contributed by atoms with Gasteiger partial charge in [-0.15, -0.1) is 11.3 Å².